The molecule has 0 bridgehead atoms. The molecule has 0 heterocycles. The third kappa shape index (κ3) is 8.73. The van der Waals surface area contributed by atoms with E-state index in [1.165, 1.54) is 7.11 Å². The van der Waals surface area contributed by atoms with Crippen molar-refractivity contribution in [3.63, 3.8) is 0 Å². The average molecular weight is 597 g/mol. The molecule has 0 amide bonds. The van der Waals surface area contributed by atoms with E-state index in [1.807, 2.05) is 0 Å². The molecule has 3 rings (SSSR count). The van der Waals surface area contributed by atoms with Crippen molar-refractivity contribution < 1.29 is 105 Å². The van der Waals surface area contributed by atoms with E-state index in [4.69, 9.17) is 4.74 Å². The van der Waals surface area contributed by atoms with Crippen molar-refractivity contribution in [1.82, 2.24) is 0 Å². The Kier molecular flexibility index (Phi) is 12.1. The summed E-state index contributed by atoms with van der Waals surface area (Å²) in [6.45, 7) is 0. The van der Waals surface area contributed by atoms with Crippen molar-refractivity contribution >= 4 is 48.7 Å². The summed E-state index contributed by atoms with van der Waals surface area (Å²) in [6, 6.07) is 6.97. The number of nitro benzene ring substituents is 1. The number of rotatable bonds is 8. The Morgan fingerprint density at radius 2 is 1.28 bits per heavy atom. The summed E-state index contributed by atoms with van der Waals surface area (Å²) >= 11 is 0. The number of phenolic OH excluding ortho intramolecular Hbond substituents is 2. The first-order valence-electron chi connectivity index (χ1n) is 9.48. The second-order valence-electron chi connectivity index (χ2n) is 6.88. The van der Waals surface area contributed by atoms with Gasteiger partial charge >= 0.3 is 59.1 Å². The van der Waals surface area contributed by atoms with Crippen LogP contribution in [0.4, 0.5) is 28.4 Å². The SMILES string of the molecule is COc1ccc(S(=O)(=O)[O-])cc1N=Nc1cc(N=Nc2ccc([N+](=O)[O-])cc2S(=O)(=O)[O-])c(O)cc1O.[Na+].[Na+]. The predicted molar refractivity (Wildman–Crippen MR) is 120 cm³/mol. The van der Waals surface area contributed by atoms with Crippen LogP contribution in [0.5, 0.6) is 17.2 Å². The van der Waals surface area contributed by atoms with Gasteiger partial charge in [0, 0.05) is 24.3 Å². The molecule has 0 aromatic heterocycles. The van der Waals surface area contributed by atoms with E-state index < -0.39 is 63.5 Å². The van der Waals surface area contributed by atoms with Crippen LogP contribution >= 0.6 is 0 Å². The molecule has 2 N–H and O–H groups in total. The van der Waals surface area contributed by atoms with E-state index in [-0.39, 0.29) is 76.2 Å². The summed E-state index contributed by atoms with van der Waals surface area (Å²) in [5, 5.41) is 45.6. The Bertz CT molecular complexity index is 1680. The Morgan fingerprint density at radius 3 is 1.77 bits per heavy atom. The number of hydrogen-bond donors (Lipinski definition) is 2. The normalized spacial score (nSPS) is 11.7. The summed E-state index contributed by atoms with van der Waals surface area (Å²) < 4.78 is 73.4. The monoisotopic (exact) mass is 597 g/mol. The molecule has 0 spiro atoms. The molecule has 0 aliphatic carbocycles. The van der Waals surface area contributed by atoms with Crippen LogP contribution in [0.15, 0.2) is 78.8 Å². The van der Waals surface area contributed by atoms with Crippen LogP contribution in [-0.2, 0) is 20.2 Å². The van der Waals surface area contributed by atoms with Crippen LogP contribution in [0.3, 0.4) is 0 Å². The van der Waals surface area contributed by atoms with Gasteiger partial charge in [-0.1, -0.05) is 0 Å². The zero-order valence-electron chi connectivity index (χ0n) is 20.2. The van der Waals surface area contributed by atoms with Gasteiger partial charge in [0.2, 0.25) is 0 Å². The third-order valence-electron chi connectivity index (χ3n) is 4.47. The molecular formula is C19H13N5Na2O11S2. The first-order valence-corrected chi connectivity index (χ1v) is 12.3. The van der Waals surface area contributed by atoms with Crippen LogP contribution in [0.2, 0.25) is 0 Å². The van der Waals surface area contributed by atoms with Gasteiger partial charge < -0.3 is 24.1 Å². The Balaban J connectivity index is 0.00000380. The number of benzene rings is 3. The molecule has 0 aliphatic rings. The van der Waals surface area contributed by atoms with Crippen molar-refractivity contribution in [1.29, 1.82) is 0 Å². The number of non-ortho nitro benzene ring substituents is 1. The maximum Gasteiger partial charge on any atom is 1.00 e. The Morgan fingerprint density at radius 1 is 0.744 bits per heavy atom. The first-order chi connectivity index (χ1) is 17.2. The molecule has 0 fully saturated rings. The molecule has 0 unspecified atom stereocenters. The molecule has 3 aromatic rings. The molecule has 0 atom stereocenters. The van der Waals surface area contributed by atoms with Gasteiger partial charge in [-0.3, -0.25) is 10.1 Å². The minimum absolute atomic E-state index is 0. The van der Waals surface area contributed by atoms with E-state index in [0.717, 1.165) is 42.5 Å². The Labute approximate surface area is 264 Å². The number of nitro groups is 1. The molecule has 39 heavy (non-hydrogen) atoms. The Hall–Kier alpha value is -2.52. The second-order valence-corrected chi connectivity index (χ2v) is 9.61. The van der Waals surface area contributed by atoms with E-state index >= 15 is 0 Å². The maximum absolute atomic E-state index is 11.5. The van der Waals surface area contributed by atoms with E-state index in [2.05, 4.69) is 20.5 Å². The zero-order chi connectivity index (χ0) is 27.5. The van der Waals surface area contributed by atoms with Crippen LogP contribution in [-0.4, -0.2) is 48.2 Å². The van der Waals surface area contributed by atoms with Crippen molar-refractivity contribution in [3.05, 3.63) is 58.6 Å². The first kappa shape index (κ1) is 34.5. The smallest absolute Gasteiger partial charge is 0.744 e. The summed E-state index contributed by atoms with van der Waals surface area (Å²) in [5.41, 5.74) is -2.21. The summed E-state index contributed by atoms with van der Waals surface area (Å²) in [5.74, 6) is -1.26. The average Bonchev–Trinajstić information content (AvgIpc) is 2.81. The largest absolute Gasteiger partial charge is 1.00 e. The van der Waals surface area contributed by atoms with Crippen molar-refractivity contribution in [2.24, 2.45) is 20.5 Å². The fourth-order valence-electron chi connectivity index (χ4n) is 2.73. The molecular weight excluding hydrogens is 584 g/mol. The summed E-state index contributed by atoms with van der Waals surface area (Å²) in [6.07, 6.45) is 0. The quantitative estimate of drug-likeness (QED) is 0.0914. The van der Waals surface area contributed by atoms with Gasteiger partial charge in [0.25, 0.3) is 5.69 Å². The molecule has 194 valence electrons. The van der Waals surface area contributed by atoms with Gasteiger partial charge in [-0.05, 0) is 24.3 Å². The number of methoxy groups -OCH3 is 1. The van der Waals surface area contributed by atoms with Crippen molar-refractivity contribution in [3.8, 4) is 17.2 Å². The number of hydrogen-bond acceptors (Lipinski definition) is 15. The van der Waals surface area contributed by atoms with Gasteiger partial charge in [-0.2, -0.15) is 0 Å². The van der Waals surface area contributed by atoms with Crippen molar-refractivity contribution in [2.75, 3.05) is 7.11 Å². The van der Waals surface area contributed by atoms with Crippen molar-refractivity contribution in [2.45, 2.75) is 9.79 Å². The third-order valence-corrected chi connectivity index (χ3v) is 6.16. The number of phenols is 2. The van der Waals surface area contributed by atoms with E-state index in [1.54, 1.807) is 0 Å². The zero-order valence-corrected chi connectivity index (χ0v) is 25.9. The van der Waals surface area contributed by atoms with Gasteiger partial charge in [0.15, 0.2) is 0 Å². The number of aromatic hydroxyl groups is 2. The van der Waals surface area contributed by atoms with Gasteiger partial charge in [0.05, 0.1) is 21.8 Å². The molecule has 3 aromatic carbocycles. The van der Waals surface area contributed by atoms with Crippen LogP contribution in [0.1, 0.15) is 0 Å². The van der Waals surface area contributed by atoms with E-state index in [9.17, 15) is 46.3 Å². The number of nitrogens with zero attached hydrogens (tertiary/aromatic N) is 5. The van der Waals surface area contributed by atoms with Crippen LogP contribution < -0.4 is 63.9 Å². The number of azo groups is 2. The molecule has 0 radical (unpaired) electrons. The van der Waals surface area contributed by atoms with Gasteiger partial charge in [-0.15, -0.1) is 20.5 Å². The topological polar surface area (TPSA) is 257 Å². The number of ether oxygens (including phenoxy) is 1. The fourth-order valence-corrected chi connectivity index (χ4v) is 3.85. The maximum atomic E-state index is 11.5. The minimum atomic E-state index is -5.20. The molecule has 20 heteroatoms. The van der Waals surface area contributed by atoms with Gasteiger partial charge in [0.1, 0.15) is 60.2 Å². The standard InChI is InChI=1S/C19H15N5O11S2.2Na/c1-35-18-5-3-11(36(29,30)31)7-15(18)23-22-14-8-13(16(25)9-17(14)26)21-20-12-4-2-10(24(27)28)6-19(12)37(32,33)34;;/h2-9,25-26H,1H3,(H,29,30,31)(H,32,33,34);;/q;2*+1/p-2. The molecule has 0 saturated heterocycles. The van der Waals surface area contributed by atoms with Gasteiger partial charge in [-0.25, -0.2) is 16.8 Å². The summed E-state index contributed by atoms with van der Waals surface area (Å²) in [4.78, 5) is 8.30. The molecule has 16 nitrogen and oxygen atoms in total. The molecule has 0 aliphatic heterocycles. The van der Waals surface area contributed by atoms with Crippen LogP contribution in [0, 0.1) is 10.1 Å². The predicted octanol–water partition coefficient (Wildman–Crippen LogP) is -2.34. The van der Waals surface area contributed by atoms with Crippen LogP contribution in [0.25, 0.3) is 0 Å². The van der Waals surface area contributed by atoms with E-state index in [0.29, 0.717) is 6.07 Å². The second kappa shape index (κ2) is 13.7. The minimum Gasteiger partial charge on any atom is -0.744 e. The summed E-state index contributed by atoms with van der Waals surface area (Å²) in [7, 11) is -8.79. The fraction of sp³-hybridized carbons (Fsp3) is 0.0526. The molecule has 0 saturated carbocycles.